The Bertz CT molecular complexity index is 2750. The maximum Gasteiger partial charge on any atom is 0.264 e. The van der Waals surface area contributed by atoms with Gasteiger partial charge in [0, 0.05) is 58.4 Å². The average Bonchev–Trinajstić information content (AvgIpc) is 3.75. The van der Waals surface area contributed by atoms with Gasteiger partial charge in [-0.25, -0.2) is 0 Å². The Kier molecular flexibility index (Phi) is 13.3. The summed E-state index contributed by atoms with van der Waals surface area (Å²) in [7, 11) is -1.05. The number of ether oxygens (including phenoxy) is 2. The first-order valence-electron chi connectivity index (χ1n) is 22.4. The van der Waals surface area contributed by atoms with Gasteiger partial charge in [0.25, 0.3) is 17.7 Å². The van der Waals surface area contributed by atoms with E-state index < -0.39 is 25.7 Å². The van der Waals surface area contributed by atoms with Gasteiger partial charge in [-0.05, 0) is 108 Å². The summed E-state index contributed by atoms with van der Waals surface area (Å²) < 4.78 is 12.9. The van der Waals surface area contributed by atoms with Crippen molar-refractivity contribution < 1.29 is 33.8 Å². The highest BCUT2D eigenvalue weighted by Crippen LogP contribution is 2.60. The van der Waals surface area contributed by atoms with Crippen LogP contribution in [0.4, 0.5) is 28.4 Å². The van der Waals surface area contributed by atoms with Crippen LogP contribution in [0.5, 0.6) is 5.75 Å². The summed E-state index contributed by atoms with van der Waals surface area (Å²) in [6.07, 6.45) is -0.743. The number of anilines is 5. The van der Waals surface area contributed by atoms with Crippen LogP contribution in [-0.4, -0.2) is 68.1 Å². The van der Waals surface area contributed by atoms with Gasteiger partial charge in [0.1, 0.15) is 5.75 Å². The first kappa shape index (κ1) is 46.3. The fraction of sp³-hybridized carbons (Fsp3) is 0.245. The molecule has 0 bridgehead atoms. The zero-order valence-corrected chi connectivity index (χ0v) is 39.1. The molecule has 6 aromatic rings. The van der Waals surface area contributed by atoms with E-state index in [0.29, 0.717) is 57.4 Å². The molecule has 2 aliphatic heterocycles. The SMILES string of the molecule is COc1ccc([Si](C)(C)[C@@H]2[C@@H](CC(=O)N(CCO)Cc3ccccc3)O[C@]3(C(=O)N(Cc4ccc(NC(=O)c5ccc(N)cc5)cc4)c4ccc(NC(=O)c5ccc(N)cc5)cc43)[C@H]2C)cc1. The maximum absolute atomic E-state index is 15.7. The molecule has 0 aliphatic carbocycles. The second kappa shape index (κ2) is 19.3. The number of amides is 4. The standard InChI is InChI=1S/C53H56N6O7Si/c1-34-49(67(3,4)44-25-23-43(65-2)24-26-44)47(31-48(61)58(28-29-60)32-35-8-6-5-7-9-35)66-53(34)45-30-42(57-51(63)38-14-18-40(55)19-15-38)22-27-46(45)59(52(53)64)33-36-10-20-41(21-11-36)56-50(62)37-12-16-39(54)17-13-37/h5-27,30,34,47,49,60H,28-29,31-33,54-55H2,1-4H3,(H,56,62)(H,57,63)/t34-,47+,49-,53+/m0/s1. The lowest BCUT2D eigenvalue weighted by Crippen LogP contribution is -2.52. The summed E-state index contributed by atoms with van der Waals surface area (Å²) in [6.45, 7) is 6.92. The fourth-order valence-corrected chi connectivity index (χ4v) is 13.8. The summed E-state index contributed by atoms with van der Waals surface area (Å²) >= 11 is 0. The zero-order chi connectivity index (χ0) is 47.5. The van der Waals surface area contributed by atoms with E-state index >= 15 is 4.79 Å². The molecule has 0 aromatic heterocycles. The Labute approximate surface area is 391 Å². The highest BCUT2D eigenvalue weighted by Gasteiger charge is 2.66. The van der Waals surface area contributed by atoms with Crippen LogP contribution in [0.15, 0.2) is 146 Å². The largest absolute Gasteiger partial charge is 0.497 e. The van der Waals surface area contributed by atoms with Crippen molar-refractivity contribution in [3.8, 4) is 5.75 Å². The van der Waals surface area contributed by atoms with Crippen LogP contribution in [0.2, 0.25) is 18.6 Å². The topological polar surface area (TPSA) is 190 Å². The van der Waals surface area contributed by atoms with Crippen LogP contribution in [0, 0.1) is 5.92 Å². The number of carbonyl (C=O) groups excluding carboxylic acids is 4. The Hall–Kier alpha value is -7.26. The number of aliphatic hydroxyl groups excluding tert-OH is 1. The number of fused-ring (bicyclic) bond motifs is 2. The first-order valence-corrected chi connectivity index (χ1v) is 25.4. The lowest BCUT2D eigenvalue weighted by Gasteiger charge is -2.37. The number of nitrogen functional groups attached to an aromatic ring is 2. The highest BCUT2D eigenvalue weighted by atomic mass is 28.3. The third-order valence-corrected chi connectivity index (χ3v) is 17.7. The number of hydrogen-bond acceptors (Lipinski definition) is 9. The molecule has 1 fully saturated rings. The molecule has 67 heavy (non-hydrogen) atoms. The number of carbonyl (C=O) groups is 4. The van der Waals surface area contributed by atoms with Gasteiger partial charge in [0.15, 0.2) is 5.60 Å². The monoisotopic (exact) mass is 916 g/mol. The number of hydrogen-bond donors (Lipinski definition) is 5. The lowest BCUT2D eigenvalue weighted by atomic mass is 9.82. The number of benzene rings is 6. The van der Waals surface area contributed by atoms with Crippen molar-refractivity contribution in [2.75, 3.05) is 47.3 Å². The van der Waals surface area contributed by atoms with Gasteiger partial charge in [-0.2, -0.15) is 0 Å². The third kappa shape index (κ3) is 9.41. The van der Waals surface area contributed by atoms with Crippen molar-refractivity contribution in [1.29, 1.82) is 0 Å². The highest BCUT2D eigenvalue weighted by molar-refractivity contribution is 6.91. The summed E-state index contributed by atoms with van der Waals surface area (Å²) in [6, 6.07) is 43.7. The molecule has 1 spiro atoms. The van der Waals surface area contributed by atoms with Gasteiger partial charge in [-0.1, -0.05) is 79.8 Å². The second-order valence-corrected chi connectivity index (χ2v) is 22.5. The van der Waals surface area contributed by atoms with Gasteiger partial charge in [-0.3, -0.25) is 19.2 Å². The third-order valence-electron chi connectivity index (χ3n) is 13.3. The second-order valence-electron chi connectivity index (χ2n) is 17.9. The van der Waals surface area contributed by atoms with Gasteiger partial charge >= 0.3 is 0 Å². The van der Waals surface area contributed by atoms with Crippen molar-refractivity contribution in [2.24, 2.45) is 5.92 Å². The van der Waals surface area contributed by atoms with Gasteiger partial charge < -0.3 is 46.5 Å². The molecular weight excluding hydrogens is 861 g/mol. The van der Waals surface area contributed by atoms with E-state index in [1.165, 1.54) is 0 Å². The predicted octanol–water partition coefficient (Wildman–Crippen LogP) is 7.54. The molecule has 0 radical (unpaired) electrons. The molecule has 6 aromatic carbocycles. The number of nitrogens with one attached hydrogen (secondary N) is 2. The number of nitrogens with two attached hydrogens (primary N) is 2. The van der Waals surface area contributed by atoms with E-state index in [9.17, 15) is 19.5 Å². The molecule has 2 heterocycles. The zero-order valence-electron chi connectivity index (χ0n) is 38.1. The minimum absolute atomic E-state index is 0.0318. The lowest BCUT2D eigenvalue weighted by molar-refractivity contribution is -0.150. The number of aliphatic hydroxyl groups is 1. The minimum Gasteiger partial charge on any atom is -0.497 e. The molecule has 344 valence electrons. The molecular formula is C53H56N6O7Si. The van der Waals surface area contributed by atoms with Gasteiger partial charge in [0.2, 0.25) is 5.91 Å². The van der Waals surface area contributed by atoms with E-state index in [4.69, 9.17) is 20.9 Å². The van der Waals surface area contributed by atoms with Gasteiger partial charge in [0.05, 0.1) is 46.5 Å². The molecule has 4 atom stereocenters. The molecule has 8 rings (SSSR count). The molecule has 7 N–H and O–H groups in total. The molecule has 2 aliphatic rings. The summed E-state index contributed by atoms with van der Waals surface area (Å²) in [4.78, 5) is 60.3. The first-order chi connectivity index (χ1) is 32.2. The van der Waals surface area contributed by atoms with Crippen molar-refractivity contribution in [3.63, 3.8) is 0 Å². The Morgan fingerprint density at radius 3 is 1.94 bits per heavy atom. The Morgan fingerprint density at radius 2 is 1.36 bits per heavy atom. The number of methoxy groups -OCH3 is 1. The van der Waals surface area contributed by atoms with E-state index in [2.05, 4.69) is 35.9 Å². The fourth-order valence-electron chi connectivity index (χ4n) is 9.82. The van der Waals surface area contributed by atoms with Crippen LogP contribution in [0.1, 0.15) is 50.8 Å². The van der Waals surface area contributed by atoms with Crippen molar-refractivity contribution in [3.05, 3.63) is 173 Å². The molecule has 0 saturated carbocycles. The molecule has 1 saturated heterocycles. The quantitative estimate of drug-likeness (QED) is 0.0512. The molecule has 4 amide bonds. The number of nitrogens with zero attached hydrogens (tertiary/aromatic N) is 2. The number of rotatable bonds is 15. The summed E-state index contributed by atoms with van der Waals surface area (Å²) in [5.74, 6) is -0.862. The Morgan fingerprint density at radius 1 is 0.776 bits per heavy atom. The van der Waals surface area contributed by atoms with Crippen LogP contribution in [0.3, 0.4) is 0 Å². The van der Waals surface area contributed by atoms with Crippen LogP contribution in [-0.2, 0) is 33.0 Å². The summed E-state index contributed by atoms with van der Waals surface area (Å²) in [5.41, 5.74) is 15.8. The predicted molar refractivity (Wildman–Crippen MR) is 265 cm³/mol. The molecule has 13 nitrogen and oxygen atoms in total. The van der Waals surface area contributed by atoms with Crippen LogP contribution in [0.25, 0.3) is 0 Å². The average molecular weight is 917 g/mol. The minimum atomic E-state index is -2.67. The van der Waals surface area contributed by atoms with Crippen molar-refractivity contribution in [1.82, 2.24) is 4.90 Å². The summed E-state index contributed by atoms with van der Waals surface area (Å²) in [5, 5.41) is 17.2. The Balaban J connectivity index is 1.18. The van der Waals surface area contributed by atoms with E-state index in [-0.39, 0.29) is 55.3 Å². The van der Waals surface area contributed by atoms with E-state index in [1.54, 1.807) is 83.6 Å². The van der Waals surface area contributed by atoms with Crippen molar-refractivity contribution >= 4 is 65.3 Å². The maximum atomic E-state index is 15.7. The smallest absolute Gasteiger partial charge is 0.264 e. The molecule has 14 heteroatoms. The van der Waals surface area contributed by atoms with E-state index in [0.717, 1.165) is 16.3 Å². The van der Waals surface area contributed by atoms with Crippen LogP contribution >= 0.6 is 0 Å². The van der Waals surface area contributed by atoms with Crippen molar-refractivity contribution in [2.45, 2.75) is 56.8 Å². The van der Waals surface area contributed by atoms with Crippen LogP contribution < -0.4 is 36.9 Å². The van der Waals surface area contributed by atoms with Gasteiger partial charge in [-0.15, -0.1) is 0 Å². The van der Waals surface area contributed by atoms with E-state index in [1.807, 2.05) is 73.7 Å². The normalized spacial score (nSPS) is 18.7. The molecule has 0 unspecified atom stereocenters.